The third-order valence-corrected chi connectivity index (χ3v) is 1.29. The Labute approximate surface area is 54.3 Å². The SMILES string of the molecule is CCC(=O)C1=NC=CC1. The molecule has 2 heteroatoms. The monoisotopic (exact) mass is 123 g/mol. The predicted molar refractivity (Wildman–Crippen MR) is 36.5 cm³/mol. The Balaban J connectivity index is 2.55. The molecule has 0 radical (unpaired) electrons. The van der Waals surface area contributed by atoms with Gasteiger partial charge in [-0.1, -0.05) is 13.0 Å². The maximum atomic E-state index is 10.8. The third kappa shape index (κ3) is 1.25. The van der Waals surface area contributed by atoms with E-state index in [9.17, 15) is 4.79 Å². The average molecular weight is 123 g/mol. The number of Topliss-reactive ketones (excluding diaryl/α,β-unsaturated/α-hetero) is 1. The number of hydrogen-bond acceptors (Lipinski definition) is 2. The van der Waals surface area contributed by atoms with Crippen molar-refractivity contribution in [3.63, 3.8) is 0 Å². The Morgan fingerprint density at radius 2 is 2.67 bits per heavy atom. The summed E-state index contributed by atoms with van der Waals surface area (Å²) in [6, 6.07) is 0. The number of carbonyl (C=O) groups excluding carboxylic acids is 1. The van der Waals surface area contributed by atoms with E-state index in [1.54, 1.807) is 6.20 Å². The standard InChI is InChI=1S/C7H9NO/c1-2-7(9)6-4-3-5-8-6/h3,5H,2,4H2,1H3. The van der Waals surface area contributed by atoms with Crippen LogP contribution in [0.5, 0.6) is 0 Å². The van der Waals surface area contributed by atoms with Gasteiger partial charge in [-0.3, -0.25) is 9.79 Å². The number of allylic oxidation sites excluding steroid dienone is 1. The molecule has 0 aromatic heterocycles. The highest BCUT2D eigenvalue weighted by atomic mass is 16.1. The van der Waals surface area contributed by atoms with Crippen molar-refractivity contribution < 1.29 is 4.79 Å². The summed E-state index contributed by atoms with van der Waals surface area (Å²) in [5.41, 5.74) is 0.706. The van der Waals surface area contributed by atoms with E-state index in [0.717, 1.165) is 6.42 Å². The summed E-state index contributed by atoms with van der Waals surface area (Å²) in [6.45, 7) is 1.85. The smallest absolute Gasteiger partial charge is 0.177 e. The van der Waals surface area contributed by atoms with E-state index >= 15 is 0 Å². The Morgan fingerprint density at radius 1 is 1.89 bits per heavy atom. The van der Waals surface area contributed by atoms with Gasteiger partial charge in [-0.05, 0) is 0 Å². The molecule has 2 nitrogen and oxygen atoms in total. The Kier molecular flexibility index (Phi) is 1.78. The summed E-state index contributed by atoms with van der Waals surface area (Å²) in [4.78, 5) is 14.7. The van der Waals surface area contributed by atoms with Gasteiger partial charge in [-0.15, -0.1) is 0 Å². The number of nitrogens with zero attached hydrogens (tertiary/aromatic N) is 1. The molecule has 0 bridgehead atoms. The second-order valence-corrected chi connectivity index (χ2v) is 1.94. The summed E-state index contributed by atoms with van der Waals surface area (Å²) in [5, 5.41) is 0. The quantitative estimate of drug-likeness (QED) is 0.544. The molecule has 0 aliphatic carbocycles. The van der Waals surface area contributed by atoms with E-state index in [4.69, 9.17) is 0 Å². The van der Waals surface area contributed by atoms with Crippen molar-refractivity contribution in [3.8, 4) is 0 Å². The largest absolute Gasteiger partial charge is 0.293 e. The van der Waals surface area contributed by atoms with Gasteiger partial charge in [0.2, 0.25) is 0 Å². The first-order valence-corrected chi connectivity index (χ1v) is 3.09. The minimum absolute atomic E-state index is 0.167. The summed E-state index contributed by atoms with van der Waals surface area (Å²) in [6.07, 6.45) is 4.87. The van der Waals surface area contributed by atoms with Gasteiger partial charge < -0.3 is 0 Å². The fraction of sp³-hybridized carbons (Fsp3) is 0.429. The highest BCUT2D eigenvalue weighted by molar-refractivity contribution is 6.40. The third-order valence-electron chi connectivity index (χ3n) is 1.29. The molecule has 0 saturated carbocycles. The van der Waals surface area contributed by atoms with Crippen molar-refractivity contribution in [1.29, 1.82) is 0 Å². The van der Waals surface area contributed by atoms with E-state index in [2.05, 4.69) is 4.99 Å². The molecule has 1 aliphatic rings. The Hall–Kier alpha value is -0.920. The molecule has 0 aromatic carbocycles. The maximum Gasteiger partial charge on any atom is 0.177 e. The predicted octanol–water partition coefficient (Wildman–Crippen LogP) is 1.32. The zero-order valence-electron chi connectivity index (χ0n) is 5.42. The van der Waals surface area contributed by atoms with Crippen LogP contribution in [0.3, 0.4) is 0 Å². The summed E-state index contributed by atoms with van der Waals surface area (Å²) >= 11 is 0. The first kappa shape index (κ1) is 6.20. The van der Waals surface area contributed by atoms with Crippen molar-refractivity contribution in [2.45, 2.75) is 19.8 Å². The van der Waals surface area contributed by atoms with Gasteiger partial charge >= 0.3 is 0 Å². The number of ketones is 1. The van der Waals surface area contributed by atoms with Crippen molar-refractivity contribution >= 4 is 11.5 Å². The summed E-state index contributed by atoms with van der Waals surface area (Å²) in [5.74, 6) is 0.167. The molecular weight excluding hydrogens is 114 g/mol. The van der Waals surface area contributed by atoms with Crippen LogP contribution in [0, 0.1) is 0 Å². The second kappa shape index (κ2) is 2.58. The van der Waals surface area contributed by atoms with Gasteiger partial charge in [-0.2, -0.15) is 0 Å². The average Bonchev–Trinajstić information content (AvgIpc) is 2.37. The van der Waals surface area contributed by atoms with Gasteiger partial charge in [0, 0.05) is 19.0 Å². The van der Waals surface area contributed by atoms with Crippen LogP contribution in [-0.2, 0) is 4.79 Å². The van der Waals surface area contributed by atoms with Crippen LogP contribution in [0.4, 0.5) is 0 Å². The zero-order valence-corrected chi connectivity index (χ0v) is 5.42. The lowest BCUT2D eigenvalue weighted by Crippen LogP contribution is -2.08. The molecule has 0 unspecified atom stereocenters. The molecule has 0 aromatic rings. The molecule has 1 rings (SSSR count). The normalized spacial score (nSPS) is 15.9. The lowest BCUT2D eigenvalue weighted by Gasteiger charge is -1.91. The minimum Gasteiger partial charge on any atom is -0.293 e. The molecule has 0 saturated heterocycles. The van der Waals surface area contributed by atoms with Crippen molar-refractivity contribution in [2.75, 3.05) is 0 Å². The molecule has 0 fully saturated rings. The van der Waals surface area contributed by atoms with Gasteiger partial charge in [0.15, 0.2) is 5.78 Å². The Morgan fingerprint density at radius 3 is 3.11 bits per heavy atom. The fourth-order valence-electron chi connectivity index (χ4n) is 0.750. The highest BCUT2D eigenvalue weighted by Crippen LogP contribution is 2.01. The van der Waals surface area contributed by atoms with Crippen molar-refractivity contribution in [3.05, 3.63) is 12.3 Å². The van der Waals surface area contributed by atoms with E-state index in [0.29, 0.717) is 12.1 Å². The van der Waals surface area contributed by atoms with Crippen LogP contribution < -0.4 is 0 Å². The van der Waals surface area contributed by atoms with Crippen LogP contribution in [-0.4, -0.2) is 11.5 Å². The van der Waals surface area contributed by atoms with Crippen LogP contribution in [0.1, 0.15) is 19.8 Å². The fourth-order valence-corrected chi connectivity index (χ4v) is 0.750. The lowest BCUT2D eigenvalue weighted by atomic mass is 10.1. The van der Waals surface area contributed by atoms with Gasteiger partial charge in [0.1, 0.15) is 0 Å². The molecule has 1 heterocycles. The van der Waals surface area contributed by atoms with E-state index < -0.39 is 0 Å². The second-order valence-electron chi connectivity index (χ2n) is 1.94. The van der Waals surface area contributed by atoms with Gasteiger partial charge in [-0.25, -0.2) is 0 Å². The van der Waals surface area contributed by atoms with Crippen LogP contribution in [0.25, 0.3) is 0 Å². The first-order valence-electron chi connectivity index (χ1n) is 3.09. The molecule has 0 spiro atoms. The molecule has 0 amide bonds. The van der Waals surface area contributed by atoms with Gasteiger partial charge in [0.25, 0.3) is 0 Å². The zero-order chi connectivity index (χ0) is 6.69. The topological polar surface area (TPSA) is 29.4 Å². The van der Waals surface area contributed by atoms with Crippen molar-refractivity contribution in [2.24, 2.45) is 4.99 Å². The maximum absolute atomic E-state index is 10.8. The summed E-state index contributed by atoms with van der Waals surface area (Å²) < 4.78 is 0. The number of carbonyl (C=O) groups is 1. The van der Waals surface area contributed by atoms with E-state index in [1.807, 2.05) is 13.0 Å². The molecule has 0 atom stereocenters. The molecular formula is C7H9NO. The highest BCUT2D eigenvalue weighted by Gasteiger charge is 2.08. The lowest BCUT2D eigenvalue weighted by molar-refractivity contribution is -0.112. The molecule has 9 heavy (non-hydrogen) atoms. The van der Waals surface area contributed by atoms with Crippen LogP contribution in [0.2, 0.25) is 0 Å². The Bertz CT molecular complexity index is 179. The summed E-state index contributed by atoms with van der Waals surface area (Å²) in [7, 11) is 0. The first-order chi connectivity index (χ1) is 4.34. The molecule has 48 valence electrons. The van der Waals surface area contributed by atoms with Crippen LogP contribution in [0.15, 0.2) is 17.3 Å². The molecule has 1 aliphatic heterocycles. The number of hydrogen-bond donors (Lipinski definition) is 0. The minimum atomic E-state index is 0.167. The van der Waals surface area contributed by atoms with Crippen LogP contribution >= 0.6 is 0 Å². The van der Waals surface area contributed by atoms with Crippen molar-refractivity contribution in [1.82, 2.24) is 0 Å². The van der Waals surface area contributed by atoms with Gasteiger partial charge in [0.05, 0.1) is 5.71 Å². The van der Waals surface area contributed by atoms with E-state index in [-0.39, 0.29) is 5.78 Å². The number of rotatable bonds is 2. The number of aliphatic imine (C=N–C) groups is 1. The molecule has 0 N–H and O–H groups in total. The van der Waals surface area contributed by atoms with E-state index in [1.165, 1.54) is 0 Å².